The van der Waals surface area contributed by atoms with Crippen LogP contribution in [-0.2, 0) is 12.6 Å². The number of aromatic amines is 2. The van der Waals surface area contributed by atoms with Crippen molar-refractivity contribution in [2.45, 2.75) is 19.0 Å². The second-order valence-corrected chi connectivity index (χ2v) is 5.10. The number of nitrogens with one attached hydrogen (secondary N) is 2. The molecule has 0 amide bonds. The first-order valence-electron chi connectivity index (χ1n) is 6.76. The topological polar surface area (TPSA) is 68.9 Å². The molecule has 0 aliphatic heterocycles. The Hall–Kier alpha value is -2.28. The molecule has 0 atom stereocenters. The number of rotatable bonds is 3. The molecule has 7 heteroatoms. The van der Waals surface area contributed by atoms with E-state index in [-0.39, 0.29) is 17.5 Å². The molecule has 4 nitrogen and oxygen atoms in total. The van der Waals surface area contributed by atoms with Gasteiger partial charge in [0.05, 0.1) is 5.56 Å². The molecule has 0 saturated carbocycles. The Labute approximate surface area is 122 Å². The van der Waals surface area contributed by atoms with Gasteiger partial charge in [-0.25, -0.2) is 0 Å². The quantitative estimate of drug-likeness (QED) is 0.696. The van der Waals surface area contributed by atoms with E-state index in [1.54, 1.807) is 12.3 Å². The fourth-order valence-corrected chi connectivity index (χ4v) is 2.74. The molecule has 0 fully saturated rings. The van der Waals surface area contributed by atoms with Crippen LogP contribution in [0.5, 0.6) is 0 Å². The molecule has 0 radical (unpaired) electrons. The van der Waals surface area contributed by atoms with Crippen molar-refractivity contribution in [1.29, 1.82) is 0 Å². The third kappa shape index (κ3) is 2.37. The summed E-state index contributed by atoms with van der Waals surface area (Å²) in [6, 6.07) is 3.68. The van der Waals surface area contributed by atoms with E-state index in [2.05, 4.69) is 9.97 Å². The maximum absolute atomic E-state index is 13.3. The largest absolute Gasteiger partial charge is 0.417 e. The van der Waals surface area contributed by atoms with E-state index in [0.717, 1.165) is 0 Å². The third-order valence-electron chi connectivity index (χ3n) is 3.64. The van der Waals surface area contributed by atoms with Crippen molar-refractivity contribution in [3.05, 3.63) is 45.9 Å². The average molecular weight is 310 g/mol. The van der Waals surface area contributed by atoms with Gasteiger partial charge in [0.25, 0.3) is 0 Å². The van der Waals surface area contributed by atoms with Crippen molar-refractivity contribution in [3.63, 3.8) is 0 Å². The van der Waals surface area contributed by atoms with Crippen LogP contribution >= 0.6 is 0 Å². The number of pyridine rings is 1. The maximum Gasteiger partial charge on any atom is 0.417 e. The summed E-state index contributed by atoms with van der Waals surface area (Å²) in [4.78, 5) is 16.9. The van der Waals surface area contributed by atoms with E-state index in [9.17, 15) is 18.0 Å². The number of aliphatic hydroxyl groups excluding tert-OH is 1. The Morgan fingerprint density at radius 2 is 1.86 bits per heavy atom. The number of benzene rings is 1. The fraction of sp³-hybridized carbons (Fsp3) is 0.267. The molecule has 2 aromatic heterocycles. The van der Waals surface area contributed by atoms with Gasteiger partial charge in [0.15, 0.2) is 0 Å². The van der Waals surface area contributed by atoms with Crippen molar-refractivity contribution in [2.75, 3.05) is 6.61 Å². The number of hydrogen-bond donors (Lipinski definition) is 3. The van der Waals surface area contributed by atoms with Crippen LogP contribution in [0.3, 0.4) is 0 Å². The van der Waals surface area contributed by atoms with Gasteiger partial charge in [0.2, 0.25) is 5.56 Å². The molecule has 0 spiro atoms. The van der Waals surface area contributed by atoms with Crippen LogP contribution in [0.1, 0.15) is 17.5 Å². The number of halogens is 3. The van der Waals surface area contributed by atoms with Crippen LogP contribution in [0.25, 0.3) is 21.8 Å². The molecule has 0 aliphatic carbocycles. The molecule has 116 valence electrons. The monoisotopic (exact) mass is 310 g/mol. The van der Waals surface area contributed by atoms with Gasteiger partial charge in [-0.3, -0.25) is 4.79 Å². The van der Waals surface area contributed by atoms with E-state index in [1.807, 2.05) is 0 Å². The van der Waals surface area contributed by atoms with Gasteiger partial charge in [-0.05, 0) is 30.5 Å². The lowest BCUT2D eigenvalue weighted by Gasteiger charge is -2.12. The second kappa shape index (κ2) is 5.17. The summed E-state index contributed by atoms with van der Waals surface area (Å²) < 4.78 is 39.9. The molecule has 0 aliphatic rings. The standard InChI is InChI=1S/C15H13F3N2O2/c16-15(17,18)9-6-12(22)20-11-4-3-10-13(14(9)11)8(7-19-10)2-1-5-21/h3-4,6-7,19,21H,1-2,5H2,(H,20,22). The summed E-state index contributed by atoms with van der Waals surface area (Å²) in [5.74, 6) is 0. The minimum atomic E-state index is -4.62. The summed E-state index contributed by atoms with van der Waals surface area (Å²) in [5.41, 5.74) is -0.323. The minimum Gasteiger partial charge on any atom is -0.396 e. The summed E-state index contributed by atoms with van der Waals surface area (Å²) >= 11 is 0. The van der Waals surface area contributed by atoms with Crippen LogP contribution < -0.4 is 5.56 Å². The molecule has 0 saturated heterocycles. The van der Waals surface area contributed by atoms with E-state index in [0.29, 0.717) is 35.4 Å². The van der Waals surface area contributed by atoms with Gasteiger partial charge in [0, 0.05) is 40.7 Å². The van der Waals surface area contributed by atoms with Crippen LogP contribution in [-0.4, -0.2) is 21.7 Å². The van der Waals surface area contributed by atoms with Gasteiger partial charge in [-0.1, -0.05) is 0 Å². The molecule has 22 heavy (non-hydrogen) atoms. The fourth-order valence-electron chi connectivity index (χ4n) is 2.74. The highest BCUT2D eigenvalue weighted by molar-refractivity contribution is 6.08. The van der Waals surface area contributed by atoms with Gasteiger partial charge in [0.1, 0.15) is 0 Å². The van der Waals surface area contributed by atoms with Gasteiger partial charge >= 0.3 is 6.18 Å². The Balaban J connectivity index is 2.43. The molecule has 0 bridgehead atoms. The second-order valence-electron chi connectivity index (χ2n) is 5.10. The zero-order chi connectivity index (χ0) is 15.9. The highest BCUT2D eigenvalue weighted by Gasteiger charge is 2.34. The number of aromatic nitrogens is 2. The summed E-state index contributed by atoms with van der Waals surface area (Å²) in [6.07, 6.45) is -2.07. The zero-order valence-corrected chi connectivity index (χ0v) is 11.4. The lowest BCUT2D eigenvalue weighted by molar-refractivity contribution is -0.136. The third-order valence-corrected chi connectivity index (χ3v) is 3.64. The van der Waals surface area contributed by atoms with Crippen molar-refractivity contribution >= 4 is 21.8 Å². The Morgan fingerprint density at radius 1 is 1.14 bits per heavy atom. The zero-order valence-electron chi connectivity index (χ0n) is 11.4. The minimum absolute atomic E-state index is 0.0150. The van der Waals surface area contributed by atoms with Crippen LogP contribution in [0, 0.1) is 0 Å². The summed E-state index contributed by atoms with van der Waals surface area (Å²) in [5, 5.41) is 9.36. The van der Waals surface area contributed by atoms with Crippen molar-refractivity contribution in [3.8, 4) is 0 Å². The van der Waals surface area contributed by atoms with Crippen molar-refractivity contribution < 1.29 is 18.3 Å². The number of aryl methyl sites for hydroxylation is 1. The molecule has 3 N–H and O–H groups in total. The first-order valence-corrected chi connectivity index (χ1v) is 6.76. The van der Waals surface area contributed by atoms with Gasteiger partial charge in [-0.2, -0.15) is 13.2 Å². The van der Waals surface area contributed by atoms with Gasteiger partial charge < -0.3 is 15.1 Å². The molecule has 2 heterocycles. The van der Waals surface area contributed by atoms with E-state index in [1.165, 1.54) is 6.07 Å². The first kappa shape index (κ1) is 14.6. The smallest absolute Gasteiger partial charge is 0.396 e. The van der Waals surface area contributed by atoms with Crippen LogP contribution in [0.4, 0.5) is 13.2 Å². The molecule has 3 aromatic rings. The predicted octanol–water partition coefficient (Wildman–Crippen LogP) is 2.95. The number of H-pyrrole nitrogens is 2. The van der Waals surface area contributed by atoms with E-state index >= 15 is 0 Å². The van der Waals surface area contributed by atoms with Crippen LogP contribution in [0.15, 0.2) is 29.2 Å². The van der Waals surface area contributed by atoms with Crippen molar-refractivity contribution in [1.82, 2.24) is 9.97 Å². The summed E-state index contributed by atoms with van der Waals surface area (Å²) in [6.45, 7) is -0.0413. The summed E-state index contributed by atoms with van der Waals surface area (Å²) in [7, 11) is 0. The number of alkyl halides is 3. The normalized spacial score (nSPS) is 12.4. The number of fused-ring (bicyclic) bond motifs is 3. The van der Waals surface area contributed by atoms with E-state index in [4.69, 9.17) is 5.11 Å². The van der Waals surface area contributed by atoms with Gasteiger partial charge in [-0.15, -0.1) is 0 Å². The SMILES string of the molecule is O=c1cc(C(F)(F)F)c2c(ccc3[nH]cc(CCCO)c32)[nH]1. The first-order chi connectivity index (χ1) is 10.4. The van der Waals surface area contributed by atoms with Crippen LogP contribution in [0.2, 0.25) is 0 Å². The number of hydrogen-bond acceptors (Lipinski definition) is 2. The lowest BCUT2D eigenvalue weighted by atomic mass is 10.00. The molecule has 3 rings (SSSR count). The molecular weight excluding hydrogens is 297 g/mol. The Morgan fingerprint density at radius 3 is 2.55 bits per heavy atom. The number of aliphatic hydroxyl groups is 1. The van der Waals surface area contributed by atoms with E-state index < -0.39 is 17.3 Å². The van der Waals surface area contributed by atoms with Crippen molar-refractivity contribution in [2.24, 2.45) is 0 Å². The Bertz CT molecular complexity index is 893. The highest BCUT2D eigenvalue weighted by Crippen LogP contribution is 2.38. The lowest BCUT2D eigenvalue weighted by Crippen LogP contribution is -2.14. The Kier molecular flexibility index (Phi) is 3.44. The molecule has 1 aromatic carbocycles. The average Bonchev–Trinajstić information content (AvgIpc) is 2.86. The predicted molar refractivity (Wildman–Crippen MR) is 76.8 cm³/mol. The highest BCUT2D eigenvalue weighted by atomic mass is 19.4. The maximum atomic E-state index is 13.3. The molecular formula is C15H13F3N2O2. The molecule has 0 unspecified atom stereocenters.